The molecule has 0 bridgehead atoms. The zero-order chi connectivity index (χ0) is 9.97. The van der Waals surface area contributed by atoms with E-state index in [1.54, 1.807) is 0 Å². The molecule has 2 rings (SSSR count). The van der Waals surface area contributed by atoms with Crippen molar-refractivity contribution in [3.05, 3.63) is 24.0 Å². The molecular weight excluding hydrogens is 174 g/mol. The van der Waals surface area contributed by atoms with E-state index in [9.17, 15) is 0 Å². The molecule has 1 aromatic rings. The fourth-order valence-corrected chi connectivity index (χ4v) is 1.94. The Morgan fingerprint density at radius 2 is 2.50 bits per heavy atom. The van der Waals surface area contributed by atoms with Gasteiger partial charge in [0.05, 0.1) is 5.69 Å². The Kier molecular flexibility index (Phi) is 2.68. The summed E-state index contributed by atoms with van der Waals surface area (Å²) >= 11 is 0. The first-order valence-corrected chi connectivity index (χ1v) is 5.19. The van der Waals surface area contributed by atoms with Crippen molar-refractivity contribution in [2.24, 2.45) is 11.7 Å². The topological polar surface area (TPSA) is 42.2 Å². The molecule has 0 aromatic carbocycles. The summed E-state index contributed by atoms with van der Waals surface area (Å²) in [6, 6.07) is 4.16. The van der Waals surface area contributed by atoms with E-state index in [4.69, 9.17) is 5.73 Å². The Hall–Kier alpha value is -1.09. The van der Waals surface area contributed by atoms with E-state index in [1.807, 2.05) is 6.20 Å². The molecule has 3 nitrogen and oxygen atoms in total. The largest absolute Gasteiger partial charge is 0.371 e. The summed E-state index contributed by atoms with van der Waals surface area (Å²) < 4.78 is 0. The minimum atomic E-state index is 0.525. The molecule has 1 aliphatic rings. The summed E-state index contributed by atoms with van der Waals surface area (Å²) in [7, 11) is 0. The minimum Gasteiger partial charge on any atom is -0.371 e. The third-order valence-corrected chi connectivity index (χ3v) is 2.80. The van der Waals surface area contributed by atoms with Gasteiger partial charge in [-0.3, -0.25) is 4.98 Å². The number of aromatic nitrogens is 1. The quantitative estimate of drug-likeness (QED) is 0.768. The van der Waals surface area contributed by atoms with Crippen molar-refractivity contribution < 1.29 is 0 Å². The molecule has 1 atom stereocenters. The van der Waals surface area contributed by atoms with Gasteiger partial charge in [0, 0.05) is 31.5 Å². The first kappa shape index (κ1) is 9.46. The second-order valence-corrected chi connectivity index (χ2v) is 4.05. The molecule has 0 saturated carbocycles. The van der Waals surface area contributed by atoms with Crippen molar-refractivity contribution in [2.45, 2.75) is 19.9 Å². The molecule has 0 amide bonds. The molecule has 1 saturated heterocycles. The van der Waals surface area contributed by atoms with Gasteiger partial charge in [-0.2, -0.15) is 0 Å². The highest BCUT2D eigenvalue weighted by atomic mass is 15.1. The average Bonchev–Trinajstić information content (AvgIpc) is 2.65. The molecular formula is C11H17N3. The normalized spacial score (nSPS) is 21.6. The molecule has 0 radical (unpaired) electrons. The summed E-state index contributed by atoms with van der Waals surface area (Å²) in [6.45, 7) is 5.14. The lowest BCUT2D eigenvalue weighted by Crippen LogP contribution is -2.19. The third kappa shape index (κ3) is 1.87. The van der Waals surface area contributed by atoms with Crippen LogP contribution >= 0.6 is 0 Å². The summed E-state index contributed by atoms with van der Waals surface area (Å²) in [5.41, 5.74) is 7.81. The molecule has 1 aromatic heterocycles. The maximum absolute atomic E-state index is 5.56. The van der Waals surface area contributed by atoms with E-state index in [2.05, 4.69) is 28.9 Å². The number of nitrogens with two attached hydrogens (primary N) is 1. The van der Waals surface area contributed by atoms with Crippen LogP contribution in [0.15, 0.2) is 18.3 Å². The van der Waals surface area contributed by atoms with Crippen molar-refractivity contribution in [1.29, 1.82) is 0 Å². The molecule has 2 heterocycles. The van der Waals surface area contributed by atoms with Gasteiger partial charge in [-0.05, 0) is 24.5 Å². The van der Waals surface area contributed by atoms with Gasteiger partial charge in [0.2, 0.25) is 0 Å². The Labute approximate surface area is 84.9 Å². The first-order chi connectivity index (χ1) is 6.79. The van der Waals surface area contributed by atoms with Crippen LogP contribution < -0.4 is 10.6 Å². The fraction of sp³-hybridized carbons (Fsp3) is 0.545. The summed E-state index contributed by atoms with van der Waals surface area (Å²) in [5, 5.41) is 0. The fourth-order valence-electron chi connectivity index (χ4n) is 1.94. The minimum absolute atomic E-state index is 0.525. The maximum atomic E-state index is 5.56. The van der Waals surface area contributed by atoms with E-state index >= 15 is 0 Å². The van der Waals surface area contributed by atoms with E-state index in [1.165, 1.54) is 12.1 Å². The Bertz CT molecular complexity index is 311. The predicted molar refractivity (Wildman–Crippen MR) is 58.1 cm³/mol. The number of anilines is 1. The third-order valence-electron chi connectivity index (χ3n) is 2.80. The molecule has 1 unspecified atom stereocenters. The molecule has 3 heteroatoms. The number of hydrogen-bond acceptors (Lipinski definition) is 3. The highest BCUT2D eigenvalue weighted by molar-refractivity contribution is 5.47. The Balaban J connectivity index is 2.15. The van der Waals surface area contributed by atoms with Gasteiger partial charge in [-0.15, -0.1) is 0 Å². The summed E-state index contributed by atoms with van der Waals surface area (Å²) in [4.78, 5) is 6.60. The summed E-state index contributed by atoms with van der Waals surface area (Å²) in [5.74, 6) is 0.810. The lowest BCUT2D eigenvalue weighted by molar-refractivity contribution is 0.659. The van der Waals surface area contributed by atoms with E-state index < -0.39 is 0 Å². The SMILES string of the molecule is CC1CCN(c2ccnc(CN)c2)C1. The van der Waals surface area contributed by atoms with Crippen molar-refractivity contribution in [3.63, 3.8) is 0 Å². The van der Waals surface area contributed by atoms with Gasteiger partial charge in [-0.1, -0.05) is 6.92 Å². The van der Waals surface area contributed by atoms with Crippen molar-refractivity contribution in [1.82, 2.24) is 4.98 Å². The predicted octanol–water partition coefficient (Wildman–Crippen LogP) is 1.39. The first-order valence-electron chi connectivity index (χ1n) is 5.19. The van der Waals surface area contributed by atoms with Gasteiger partial charge >= 0.3 is 0 Å². The number of rotatable bonds is 2. The van der Waals surface area contributed by atoms with E-state index in [0.29, 0.717) is 6.54 Å². The second kappa shape index (κ2) is 3.96. The zero-order valence-corrected chi connectivity index (χ0v) is 8.61. The molecule has 1 fully saturated rings. The molecule has 2 N–H and O–H groups in total. The molecule has 0 aliphatic carbocycles. The van der Waals surface area contributed by atoms with Crippen LogP contribution in [-0.2, 0) is 6.54 Å². The molecule has 14 heavy (non-hydrogen) atoms. The average molecular weight is 191 g/mol. The molecule has 1 aliphatic heterocycles. The molecule has 0 spiro atoms. The second-order valence-electron chi connectivity index (χ2n) is 4.05. The zero-order valence-electron chi connectivity index (χ0n) is 8.61. The van der Waals surface area contributed by atoms with Crippen molar-refractivity contribution in [3.8, 4) is 0 Å². The van der Waals surface area contributed by atoms with Crippen LogP contribution in [0, 0.1) is 5.92 Å². The number of nitrogens with zero attached hydrogens (tertiary/aromatic N) is 2. The van der Waals surface area contributed by atoms with Crippen LogP contribution in [0.1, 0.15) is 19.0 Å². The van der Waals surface area contributed by atoms with Crippen molar-refractivity contribution >= 4 is 5.69 Å². The van der Waals surface area contributed by atoms with Crippen LogP contribution in [0.25, 0.3) is 0 Å². The standard InChI is InChI=1S/C11H17N3/c1-9-3-5-14(8-9)11-2-4-13-10(6-11)7-12/h2,4,6,9H,3,5,7-8,12H2,1H3. The van der Waals surface area contributed by atoms with Gasteiger partial charge in [0.25, 0.3) is 0 Å². The maximum Gasteiger partial charge on any atom is 0.0560 e. The van der Waals surface area contributed by atoms with Gasteiger partial charge in [-0.25, -0.2) is 0 Å². The lowest BCUT2D eigenvalue weighted by Gasteiger charge is -2.18. The summed E-state index contributed by atoms with van der Waals surface area (Å²) in [6.07, 6.45) is 3.14. The van der Waals surface area contributed by atoms with Crippen LogP contribution in [0.2, 0.25) is 0 Å². The Morgan fingerprint density at radius 3 is 3.14 bits per heavy atom. The van der Waals surface area contributed by atoms with Gasteiger partial charge in [0.1, 0.15) is 0 Å². The highest BCUT2D eigenvalue weighted by Gasteiger charge is 2.18. The monoisotopic (exact) mass is 191 g/mol. The lowest BCUT2D eigenvalue weighted by atomic mass is 10.2. The van der Waals surface area contributed by atoms with Gasteiger partial charge < -0.3 is 10.6 Å². The van der Waals surface area contributed by atoms with E-state index in [0.717, 1.165) is 24.7 Å². The van der Waals surface area contributed by atoms with Crippen molar-refractivity contribution in [2.75, 3.05) is 18.0 Å². The van der Waals surface area contributed by atoms with Crippen LogP contribution in [0.5, 0.6) is 0 Å². The smallest absolute Gasteiger partial charge is 0.0560 e. The Morgan fingerprint density at radius 1 is 1.64 bits per heavy atom. The van der Waals surface area contributed by atoms with Gasteiger partial charge in [0.15, 0.2) is 0 Å². The number of pyridine rings is 1. The van der Waals surface area contributed by atoms with Crippen LogP contribution in [0.4, 0.5) is 5.69 Å². The van der Waals surface area contributed by atoms with E-state index in [-0.39, 0.29) is 0 Å². The number of hydrogen-bond donors (Lipinski definition) is 1. The van der Waals surface area contributed by atoms with Crippen LogP contribution in [0.3, 0.4) is 0 Å². The highest BCUT2D eigenvalue weighted by Crippen LogP contribution is 2.23. The van der Waals surface area contributed by atoms with Crippen LogP contribution in [-0.4, -0.2) is 18.1 Å². The molecule has 76 valence electrons.